The Bertz CT molecular complexity index is 520. The van der Waals surface area contributed by atoms with Crippen molar-refractivity contribution in [2.75, 3.05) is 13.1 Å². The number of nitrogens with zero attached hydrogens (tertiary/aromatic N) is 1. The summed E-state index contributed by atoms with van der Waals surface area (Å²) >= 11 is 0. The van der Waals surface area contributed by atoms with Crippen molar-refractivity contribution >= 4 is 37.5 Å². The molecule has 1 saturated heterocycles. The van der Waals surface area contributed by atoms with Crippen LogP contribution in [-0.4, -0.2) is 54.7 Å². The number of likely N-dealkylation sites (tertiary alicyclic amines) is 1. The Kier molecular flexibility index (Phi) is 6.74. The first kappa shape index (κ1) is 17.8. The minimum atomic E-state index is -0.293. The fourth-order valence-corrected chi connectivity index (χ4v) is 11.7. The molecule has 0 N–H and O–H groups in total. The Hall–Kier alpha value is -0.559. The Labute approximate surface area is 142 Å². The van der Waals surface area contributed by atoms with Crippen molar-refractivity contribution in [3.63, 3.8) is 0 Å². The number of hydrogen-bond acceptors (Lipinski definition) is 0. The molecule has 1 aliphatic rings. The molecule has 0 aromatic heterocycles. The van der Waals surface area contributed by atoms with Crippen LogP contribution in [0.4, 0.5) is 0 Å². The molecule has 0 saturated carbocycles. The fourth-order valence-electron chi connectivity index (χ4n) is 3.20. The van der Waals surface area contributed by atoms with E-state index in [1.54, 1.807) is 0 Å². The minimum absolute atomic E-state index is 0.105. The van der Waals surface area contributed by atoms with E-state index in [-0.39, 0.29) is 16.7 Å². The van der Waals surface area contributed by atoms with Crippen LogP contribution in [0.2, 0.25) is 25.7 Å². The average Bonchev–Trinajstić information content (AvgIpc) is 2.52. The van der Waals surface area contributed by atoms with Gasteiger partial charge in [-0.05, 0) is 24.6 Å². The van der Waals surface area contributed by atoms with Gasteiger partial charge in [0.2, 0.25) is 0 Å². The van der Waals surface area contributed by atoms with Gasteiger partial charge < -0.3 is 0 Å². The molecule has 1 aliphatic heterocycles. The zero-order valence-corrected chi connectivity index (χ0v) is 17.5. The van der Waals surface area contributed by atoms with Gasteiger partial charge in [-0.1, -0.05) is 50.0 Å². The quantitative estimate of drug-likeness (QED) is 0.523. The summed E-state index contributed by atoms with van der Waals surface area (Å²) < 4.78 is 1.23. The summed E-state index contributed by atoms with van der Waals surface area (Å²) in [6.45, 7) is 12.3. The van der Waals surface area contributed by atoms with E-state index >= 15 is 0 Å². The molecule has 1 fully saturated rings. The molecule has 0 aliphatic carbocycles. The second-order valence-electron chi connectivity index (χ2n) is 6.49. The number of benzene rings is 1. The van der Waals surface area contributed by atoms with Crippen LogP contribution in [0.3, 0.4) is 0 Å². The number of rotatable bonds is 7. The molecule has 1 aromatic rings. The Balaban J connectivity index is 2.15. The zero-order valence-electron chi connectivity index (χ0n) is 14.5. The predicted molar refractivity (Wildman–Crippen MR) is 105 cm³/mol. The summed E-state index contributed by atoms with van der Waals surface area (Å²) in [5, 5.41) is 0. The molecule has 1 nitrogen and oxygen atoms in total. The lowest BCUT2D eigenvalue weighted by Crippen LogP contribution is -2.66. The molecule has 0 amide bonds. The topological polar surface area (TPSA) is 0 Å². The minimum Gasteiger partial charge on any atom is -0.296 e. The Morgan fingerprint density at radius 2 is 2.00 bits per heavy atom. The Morgan fingerprint density at radius 3 is 2.50 bits per heavy atom. The van der Waals surface area contributed by atoms with Crippen LogP contribution in [0.15, 0.2) is 36.5 Å². The maximum atomic E-state index is 2.76. The standard InChI is InChI=1S/C18H29NSi3/c1-5-19(13-11-17-9-7-6-8-10-17)14-12-18(19)22(20-2)16-15-21(3)4/h6-11,13,16,18H,5,12,14-15H2,1-4H3/q+1/b13-11?,22-16+. The lowest BCUT2D eigenvalue weighted by Gasteiger charge is -2.50. The summed E-state index contributed by atoms with van der Waals surface area (Å²) in [6, 6.07) is 12.2. The third kappa shape index (κ3) is 4.25. The van der Waals surface area contributed by atoms with Gasteiger partial charge in [0.15, 0.2) is 0 Å². The van der Waals surface area contributed by atoms with Gasteiger partial charge in [-0.3, -0.25) is 4.48 Å². The summed E-state index contributed by atoms with van der Waals surface area (Å²) in [5.74, 6) is 0. The molecule has 2 rings (SSSR count). The first-order valence-corrected chi connectivity index (χ1v) is 15.2. The highest BCUT2D eigenvalue weighted by molar-refractivity contribution is 7.14. The molecular formula is C18H29NSi3+. The van der Waals surface area contributed by atoms with Gasteiger partial charge in [0.05, 0.1) is 41.9 Å². The highest BCUT2D eigenvalue weighted by atomic mass is 29.2. The van der Waals surface area contributed by atoms with E-state index in [4.69, 9.17) is 0 Å². The molecule has 22 heavy (non-hydrogen) atoms. The van der Waals surface area contributed by atoms with Crippen molar-refractivity contribution in [3.05, 3.63) is 42.1 Å². The van der Waals surface area contributed by atoms with E-state index in [1.807, 2.05) is 0 Å². The number of quaternary nitrogens is 1. The molecule has 0 bridgehead atoms. The summed E-state index contributed by atoms with van der Waals surface area (Å²) in [6.07, 6.45) is 6.29. The van der Waals surface area contributed by atoms with E-state index in [0.29, 0.717) is 0 Å². The van der Waals surface area contributed by atoms with E-state index in [9.17, 15) is 0 Å². The van der Waals surface area contributed by atoms with E-state index < -0.39 is 0 Å². The van der Waals surface area contributed by atoms with Crippen LogP contribution in [0.1, 0.15) is 18.9 Å². The van der Waals surface area contributed by atoms with Gasteiger partial charge in [-0.2, -0.15) is 0 Å². The van der Waals surface area contributed by atoms with Crippen LogP contribution in [0, 0.1) is 0 Å². The second kappa shape index (κ2) is 8.34. The summed E-state index contributed by atoms with van der Waals surface area (Å²) in [7, 11) is 0.742. The summed E-state index contributed by atoms with van der Waals surface area (Å²) in [5.41, 5.74) is 5.02. The van der Waals surface area contributed by atoms with Crippen molar-refractivity contribution < 1.29 is 4.48 Å². The van der Waals surface area contributed by atoms with Crippen LogP contribution in [0.25, 0.3) is 6.08 Å². The number of hydrogen-bond donors (Lipinski definition) is 0. The fraction of sp³-hybridized carbons (Fsp3) is 0.500. The largest absolute Gasteiger partial charge is 0.296 e. The van der Waals surface area contributed by atoms with Gasteiger partial charge in [-0.25, -0.2) is 0 Å². The molecule has 2 unspecified atom stereocenters. The highest BCUT2D eigenvalue weighted by Crippen LogP contribution is 2.30. The smallest absolute Gasteiger partial charge is 0.0966 e. The first-order chi connectivity index (χ1) is 10.6. The van der Waals surface area contributed by atoms with Crippen LogP contribution in [-0.2, 0) is 0 Å². The average molecular weight is 344 g/mol. The van der Waals surface area contributed by atoms with Crippen LogP contribution >= 0.6 is 0 Å². The zero-order chi connectivity index (χ0) is 16.0. The molecule has 1 heterocycles. The maximum absolute atomic E-state index is 2.76. The van der Waals surface area contributed by atoms with Crippen LogP contribution in [0.5, 0.6) is 0 Å². The molecule has 3 radical (unpaired) electrons. The molecule has 0 spiro atoms. The second-order valence-corrected chi connectivity index (χ2v) is 15.0. The van der Waals surface area contributed by atoms with Crippen molar-refractivity contribution in [1.29, 1.82) is 0 Å². The van der Waals surface area contributed by atoms with E-state index in [2.05, 4.69) is 74.8 Å². The van der Waals surface area contributed by atoms with Gasteiger partial charge >= 0.3 is 0 Å². The predicted octanol–water partition coefficient (Wildman–Crippen LogP) is 3.69. The third-order valence-corrected chi connectivity index (χ3v) is 12.3. The van der Waals surface area contributed by atoms with Gasteiger partial charge in [0.1, 0.15) is 0 Å². The van der Waals surface area contributed by atoms with Crippen molar-refractivity contribution in [3.8, 4) is 0 Å². The molecule has 2 atom stereocenters. The SMILES string of the molecule is CC[N+]1(C=Cc2ccccc2)CCC1/[Si](=C\C[Si](C)C)[Si]C. The maximum Gasteiger partial charge on any atom is 0.0966 e. The van der Waals surface area contributed by atoms with Crippen molar-refractivity contribution in [2.45, 2.75) is 44.7 Å². The van der Waals surface area contributed by atoms with Gasteiger partial charge in [0, 0.05) is 15.2 Å². The van der Waals surface area contributed by atoms with Crippen LogP contribution < -0.4 is 0 Å². The molecule has 1 aromatic carbocycles. The van der Waals surface area contributed by atoms with E-state index in [1.165, 1.54) is 35.6 Å². The highest BCUT2D eigenvalue weighted by Gasteiger charge is 2.44. The van der Waals surface area contributed by atoms with Crippen molar-refractivity contribution in [1.82, 2.24) is 0 Å². The lowest BCUT2D eigenvalue weighted by atomic mass is 10.1. The molecular weight excluding hydrogens is 314 g/mol. The third-order valence-electron chi connectivity index (χ3n) is 4.77. The molecule has 4 heteroatoms. The lowest BCUT2D eigenvalue weighted by molar-refractivity contribution is -0.929. The first-order valence-electron chi connectivity index (χ1n) is 8.39. The Morgan fingerprint density at radius 1 is 1.27 bits per heavy atom. The van der Waals surface area contributed by atoms with E-state index in [0.717, 1.165) is 14.7 Å². The van der Waals surface area contributed by atoms with Gasteiger partial charge in [-0.15, -0.1) is 5.67 Å². The monoisotopic (exact) mass is 343 g/mol. The normalized spacial score (nSPS) is 25.7. The van der Waals surface area contributed by atoms with Crippen molar-refractivity contribution in [2.24, 2.45) is 0 Å². The van der Waals surface area contributed by atoms with Gasteiger partial charge in [0.25, 0.3) is 0 Å². The molecule has 117 valence electrons. The summed E-state index contributed by atoms with van der Waals surface area (Å²) in [4.78, 5) is 0.